The highest BCUT2D eigenvalue weighted by atomic mass is 19.1. The summed E-state index contributed by atoms with van der Waals surface area (Å²) < 4.78 is 31.6. The van der Waals surface area contributed by atoms with Crippen LogP contribution in [-0.2, 0) is 0 Å². The molecular weight excluding hydrogens is 324 g/mol. The van der Waals surface area contributed by atoms with E-state index in [2.05, 4.69) is 5.32 Å². The first-order valence-electron chi connectivity index (χ1n) is 7.66. The number of hydrogen-bond donors (Lipinski definition) is 1. The maximum atomic E-state index is 13.2. The standard InChI is InChI=1S/C20H15F2NO2/c21-16-10-6-14(7-11-16)19(15-8-12-17(22)13-9-15)23-20(24)25-18-4-2-1-3-5-18/h1-13,19H,(H,23,24). The molecule has 25 heavy (non-hydrogen) atoms. The van der Waals surface area contributed by atoms with Crippen LogP contribution in [0.3, 0.4) is 0 Å². The summed E-state index contributed by atoms with van der Waals surface area (Å²) in [6.45, 7) is 0. The zero-order chi connectivity index (χ0) is 17.6. The molecule has 0 aliphatic carbocycles. The lowest BCUT2D eigenvalue weighted by Gasteiger charge is -2.19. The van der Waals surface area contributed by atoms with Crippen LogP contribution >= 0.6 is 0 Å². The van der Waals surface area contributed by atoms with Gasteiger partial charge in [-0.3, -0.25) is 0 Å². The van der Waals surface area contributed by atoms with E-state index < -0.39 is 12.1 Å². The second kappa shape index (κ2) is 7.57. The van der Waals surface area contributed by atoms with Gasteiger partial charge in [0, 0.05) is 0 Å². The highest BCUT2D eigenvalue weighted by Gasteiger charge is 2.18. The Hall–Kier alpha value is -3.21. The van der Waals surface area contributed by atoms with Crippen LogP contribution in [0.2, 0.25) is 0 Å². The van der Waals surface area contributed by atoms with Crippen molar-refractivity contribution in [3.63, 3.8) is 0 Å². The summed E-state index contributed by atoms with van der Waals surface area (Å²) in [6, 6.07) is 19.5. The highest BCUT2D eigenvalue weighted by molar-refractivity contribution is 5.71. The lowest BCUT2D eigenvalue weighted by Crippen LogP contribution is -2.31. The van der Waals surface area contributed by atoms with Gasteiger partial charge >= 0.3 is 6.09 Å². The smallest absolute Gasteiger partial charge is 0.410 e. The summed E-state index contributed by atoms with van der Waals surface area (Å²) in [7, 11) is 0. The molecule has 126 valence electrons. The molecule has 5 heteroatoms. The molecule has 3 aromatic carbocycles. The van der Waals surface area contributed by atoms with Crippen LogP contribution in [0.4, 0.5) is 13.6 Å². The van der Waals surface area contributed by atoms with Crippen molar-refractivity contribution < 1.29 is 18.3 Å². The van der Waals surface area contributed by atoms with E-state index >= 15 is 0 Å². The largest absolute Gasteiger partial charge is 0.413 e. The third kappa shape index (κ3) is 4.41. The third-order valence-corrected chi connectivity index (χ3v) is 3.62. The molecule has 0 aromatic heterocycles. The van der Waals surface area contributed by atoms with Gasteiger partial charge in [-0.2, -0.15) is 0 Å². The van der Waals surface area contributed by atoms with Gasteiger partial charge in [0.05, 0.1) is 6.04 Å². The lowest BCUT2D eigenvalue weighted by molar-refractivity contribution is 0.198. The fourth-order valence-electron chi connectivity index (χ4n) is 2.41. The van der Waals surface area contributed by atoms with Crippen molar-refractivity contribution in [1.82, 2.24) is 5.32 Å². The van der Waals surface area contributed by atoms with Crippen LogP contribution in [0.25, 0.3) is 0 Å². The molecule has 0 heterocycles. The zero-order valence-corrected chi connectivity index (χ0v) is 13.2. The van der Waals surface area contributed by atoms with Crippen molar-refractivity contribution in [3.8, 4) is 5.75 Å². The SMILES string of the molecule is O=C(NC(c1ccc(F)cc1)c1ccc(F)cc1)Oc1ccccc1. The first-order valence-corrected chi connectivity index (χ1v) is 7.66. The Morgan fingerprint density at radius 2 is 1.24 bits per heavy atom. The van der Waals surface area contributed by atoms with Gasteiger partial charge in [-0.1, -0.05) is 42.5 Å². The first-order chi connectivity index (χ1) is 12.1. The number of carbonyl (C=O) groups excluding carboxylic acids is 1. The van der Waals surface area contributed by atoms with Crippen molar-refractivity contribution in [3.05, 3.63) is 102 Å². The minimum absolute atomic E-state index is 0.381. The van der Waals surface area contributed by atoms with Crippen molar-refractivity contribution in [2.75, 3.05) is 0 Å². The fraction of sp³-hybridized carbons (Fsp3) is 0.0500. The van der Waals surface area contributed by atoms with Gasteiger partial charge in [-0.15, -0.1) is 0 Å². The Morgan fingerprint density at radius 1 is 0.760 bits per heavy atom. The monoisotopic (exact) mass is 339 g/mol. The summed E-state index contributed by atoms with van der Waals surface area (Å²) in [5.41, 5.74) is 1.30. The molecule has 0 saturated heterocycles. The van der Waals surface area contributed by atoms with Crippen LogP contribution < -0.4 is 10.1 Å². The molecule has 3 nitrogen and oxygen atoms in total. The molecule has 0 aliphatic heterocycles. The topological polar surface area (TPSA) is 38.3 Å². The van der Waals surface area contributed by atoms with Crippen molar-refractivity contribution in [1.29, 1.82) is 0 Å². The highest BCUT2D eigenvalue weighted by Crippen LogP contribution is 2.23. The average Bonchev–Trinajstić information content (AvgIpc) is 2.62. The Kier molecular flexibility index (Phi) is 5.04. The molecule has 0 atom stereocenters. The van der Waals surface area contributed by atoms with Crippen molar-refractivity contribution in [2.24, 2.45) is 0 Å². The van der Waals surface area contributed by atoms with Crippen molar-refractivity contribution >= 4 is 6.09 Å². The molecule has 0 spiro atoms. The molecule has 0 saturated carbocycles. The van der Waals surface area contributed by atoms with E-state index in [1.807, 2.05) is 6.07 Å². The number of benzene rings is 3. The van der Waals surface area contributed by atoms with Gasteiger partial charge in [-0.25, -0.2) is 13.6 Å². The van der Waals surface area contributed by atoms with Gasteiger partial charge in [0.1, 0.15) is 17.4 Å². The molecule has 1 N–H and O–H groups in total. The zero-order valence-electron chi connectivity index (χ0n) is 13.2. The van der Waals surface area contributed by atoms with Crippen LogP contribution in [0.5, 0.6) is 5.75 Å². The lowest BCUT2D eigenvalue weighted by atomic mass is 9.99. The second-order valence-electron chi connectivity index (χ2n) is 5.38. The summed E-state index contributed by atoms with van der Waals surface area (Å²) in [5, 5.41) is 2.73. The van der Waals surface area contributed by atoms with E-state index in [-0.39, 0.29) is 11.6 Å². The minimum Gasteiger partial charge on any atom is -0.410 e. The first kappa shape index (κ1) is 16.6. The quantitative estimate of drug-likeness (QED) is 0.738. The number of halogens is 2. The van der Waals surface area contributed by atoms with Gasteiger partial charge in [0.2, 0.25) is 0 Å². The predicted molar refractivity (Wildman–Crippen MR) is 90.2 cm³/mol. The van der Waals surface area contributed by atoms with E-state index in [1.54, 1.807) is 48.5 Å². The molecule has 1 amide bonds. The van der Waals surface area contributed by atoms with E-state index in [0.717, 1.165) is 0 Å². The Balaban J connectivity index is 1.84. The summed E-state index contributed by atoms with van der Waals surface area (Å²) in [4.78, 5) is 12.2. The summed E-state index contributed by atoms with van der Waals surface area (Å²) in [6.07, 6.45) is -0.662. The van der Waals surface area contributed by atoms with Crippen LogP contribution in [0.15, 0.2) is 78.9 Å². The maximum absolute atomic E-state index is 13.2. The number of hydrogen-bond acceptors (Lipinski definition) is 2. The molecular formula is C20H15F2NO2. The van der Waals surface area contributed by atoms with E-state index in [4.69, 9.17) is 4.74 Å². The number of nitrogens with one attached hydrogen (secondary N) is 1. The number of carbonyl (C=O) groups is 1. The van der Waals surface area contributed by atoms with Gasteiger partial charge in [0.25, 0.3) is 0 Å². The van der Waals surface area contributed by atoms with Gasteiger partial charge in [0.15, 0.2) is 0 Å². The molecule has 0 bridgehead atoms. The van der Waals surface area contributed by atoms with Gasteiger partial charge in [-0.05, 0) is 47.5 Å². The average molecular weight is 339 g/mol. The van der Waals surface area contributed by atoms with Crippen LogP contribution in [-0.4, -0.2) is 6.09 Å². The molecule has 3 aromatic rings. The number of rotatable bonds is 4. The Bertz CT molecular complexity index is 788. The maximum Gasteiger partial charge on any atom is 0.413 e. The van der Waals surface area contributed by atoms with Crippen LogP contribution in [0.1, 0.15) is 17.2 Å². The number of para-hydroxylation sites is 1. The summed E-state index contributed by atoms with van der Waals surface area (Å²) >= 11 is 0. The molecule has 3 rings (SSSR count). The normalized spacial score (nSPS) is 10.5. The molecule has 0 radical (unpaired) electrons. The Labute approximate surface area is 143 Å². The summed E-state index contributed by atoms with van der Waals surface area (Å²) in [5.74, 6) is -0.362. The molecule has 0 fully saturated rings. The second-order valence-corrected chi connectivity index (χ2v) is 5.38. The van der Waals surface area contributed by atoms with E-state index in [0.29, 0.717) is 16.9 Å². The molecule has 0 aliphatic rings. The van der Waals surface area contributed by atoms with E-state index in [1.165, 1.54) is 24.3 Å². The van der Waals surface area contributed by atoms with Crippen molar-refractivity contribution in [2.45, 2.75) is 6.04 Å². The molecule has 0 unspecified atom stereocenters. The Morgan fingerprint density at radius 3 is 1.72 bits per heavy atom. The third-order valence-electron chi connectivity index (χ3n) is 3.62. The van der Waals surface area contributed by atoms with Gasteiger partial charge < -0.3 is 10.1 Å². The van der Waals surface area contributed by atoms with Crippen LogP contribution in [0, 0.1) is 11.6 Å². The number of ether oxygens (including phenoxy) is 1. The fourth-order valence-corrected chi connectivity index (χ4v) is 2.41. The number of amides is 1. The van der Waals surface area contributed by atoms with E-state index in [9.17, 15) is 13.6 Å². The minimum atomic E-state index is -0.662. The predicted octanol–water partition coefficient (Wildman–Crippen LogP) is 4.84.